The van der Waals surface area contributed by atoms with Crippen molar-refractivity contribution in [3.05, 3.63) is 23.5 Å². The van der Waals surface area contributed by atoms with Crippen LogP contribution in [0.25, 0.3) is 0 Å². The Labute approximate surface area is 92.9 Å². The predicted octanol–water partition coefficient (Wildman–Crippen LogP) is -0.758. The van der Waals surface area contributed by atoms with E-state index in [9.17, 15) is 15.0 Å². The summed E-state index contributed by atoms with van der Waals surface area (Å²) in [6.45, 7) is 1.71. The molecule has 1 rings (SSSR count). The molecule has 1 aromatic rings. The summed E-state index contributed by atoms with van der Waals surface area (Å²) in [5.41, 5.74) is 11.8. The summed E-state index contributed by atoms with van der Waals surface area (Å²) in [5.74, 6) is -0.681. The van der Waals surface area contributed by atoms with E-state index in [4.69, 9.17) is 11.5 Å². The van der Waals surface area contributed by atoms with E-state index in [1.54, 1.807) is 13.0 Å². The summed E-state index contributed by atoms with van der Waals surface area (Å²) in [6.07, 6.45) is -1.43. The van der Waals surface area contributed by atoms with Gasteiger partial charge < -0.3 is 21.7 Å². The van der Waals surface area contributed by atoms with Crippen molar-refractivity contribution in [1.82, 2.24) is 4.98 Å². The smallest absolute Gasteiger partial charge is 0.220 e. The van der Waals surface area contributed by atoms with Crippen LogP contribution in [0.3, 0.4) is 0 Å². The fourth-order valence-corrected chi connectivity index (χ4v) is 1.42. The zero-order valence-electron chi connectivity index (χ0n) is 8.92. The van der Waals surface area contributed by atoms with Gasteiger partial charge in [-0.3, -0.25) is 9.78 Å². The lowest BCUT2D eigenvalue weighted by Gasteiger charge is -2.17. The third-order valence-electron chi connectivity index (χ3n) is 2.19. The quantitative estimate of drug-likeness (QED) is 0.536. The molecule has 2 unspecified atom stereocenters. The molecule has 0 aromatic carbocycles. The highest BCUT2D eigenvalue weighted by Crippen LogP contribution is 2.21. The molecule has 0 spiro atoms. The van der Waals surface area contributed by atoms with Gasteiger partial charge in [-0.05, 0) is 18.6 Å². The third kappa shape index (κ3) is 2.91. The van der Waals surface area contributed by atoms with E-state index in [0.29, 0.717) is 16.9 Å². The van der Waals surface area contributed by atoms with E-state index in [1.165, 1.54) is 6.20 Å². The first-order valence-electron chi connectivity index (χ1n) is 4.78. The molecule has 1 aromatic heterocycles. The summed E-state index contributed by atoms with van der Waals surface area (Å²) < 4.78 is 0. The first-order chi connectivity index (χ1) is 7.41. The summed E-state index contributed by atoms with van der Waals surface area (Å²) in [7, 11) is 0. The molecule has 0 aliphatic carbocycles. The van der Waals surface area contributed by atoms with Gasteiger partial charge in [0.1, 0.15) is 6.10 Å². The number of hydrogen-bond donors (Lipinski definition) is 4. The standard InChI is InChI=1S/C10H15N3O3/c1-5-2-6(11)4-13-9(5)10(16)7(14)3-8(12)15/h2,4,7,10,14,16H,3,11H2,1H3,(H2,12,15). The van der Waals surface area contributed by atoms with Crippen LogP contribution in [0.5, 0.6) is 0 Å². The van der Waals surface area contributed by atoms with Crippen LogP contribution in [0.1, 0.15) is 23.8 Å². The third-order valence-corrected chi connectivity index (χ3v) is 2.19. The maximum atomic E-state index is 10.6. The number of aromatic nitrogens is 1. The number of nitrogens with two attached hydrogens (primary N) is 2. The molecule has 0 aliphatic heterocycles. The Morgan fingerprint density at radius 2 is 2.19 bits per heavy atom. The summed E-state index contributed by atoms with van der Waals surface area (Å²) in [5, 5.41) is 19.3. The van der Waals surface area contributed by atoms with Crippen molar-refractivity contribution < 1.29 is 15.0 Å². The fourth-order valence-electron chi connectivity index (χ4n) is 1.42. The topological polar surface area (TPSA) is 122 Å². The van der Waals surface area contributed by atoms with E-state index in [2.05, 4.69) is 4.98 Å². The molecule has 6 N–H and O–H groups in total. The minimum Gasteiger partial charge on any atom is -0.397 e. The largest absolute Gasteiger partial charge is 0.397 e. The van der Waals surface area contributed by atoms with Gasteiger partial charge >= 0.3 is 0 Å². The Balaban J connectivity index is 2.87. The van der Waals surface area contributed by atoms with Crippen LogP contribution in [0, 0.1) is 6.92 Å². The fraction of sp³-hybridized carbons (Fsp3) is 0.400. The predicted molar refractivity (Wildman–Crippen MR) is 58.2 cm³/mol. The molecule has 88 valence electrons. The molecule has 1 heterocycles. The molecule has 1 amide bonds. The first kappa shape index (κ1) is 12.4. The van der Waals surface area contributed by atoms with Gasteiger partial charge in [0.2, 0.25) is 5.91 Å². The molecule has 6 nitrogen and oxygen atoms in total. The molecule has 2 atom stereocenters. The number of pyridine rings is 1. The van der Waals surface area contributed by atoms with Crippen LogP contribution < -0.4 is 11.5 Å². The molecular formula is C10H15N3O3. The van der Waals surface area contributed by atoms with Gasteiger partial charge in [-0.2, -0.15) is 0 Å². The number of aliphatic hydroxyl groups excluding tert-OH is 2. The monoisotopic (exact) mass is 225 g/mol. The lowest BCUT2D eigenvalue weighted by molar-refractivity contribution is -0.121. The van der Waals surface area contributed by atoms with Crippen molar-refractivity contribution in [1.29, 1.82) is 0 Å². The number of nitrogens with zero attached hydrogens (tertiary/aromatic N) is 1. The Morgan fingerprint density at radius 3 is 2.69 bits per heavy atom. The first-order valence-corrected chi connectivity index (χ1v) is 4.78. The van der Waals surface area contributed by atoms with E-state index in [0.717, 1.165) is 0 Å². The maximum Gasteiger partial charge on any atom is 0.220 e. The molecule has 0 bridgehead atoms. The molecule has 0 radical (unpaired) electrons. The minimum atomic E-state index is -1.26. The maximum absolute atomic E-state index is 10.6. The molecule has 0 saturated carbocycles. The van der Waals surface area contributed by atoms with E-state index < -0.39 is 18.1 Å². The van der Waals surface area contributed by atoms with Crippen molar-refractivity contribution in [2.45, 2.75) is 25.6 Å². The molecule has 0 fully saturated rings. The highest BCUT2D eigenvalue weighted by molar-refractivity contribution is 5.74. The van der Waals surface area contributed by atoms with E-state index in [1.807, 2.05) is 0 Å². The molecule has 16 heavy (non-hydrogen) atoms. The summed E-state index contributed by atoms with van der Waals surface area (Å²) in [4.78, 5) is 14.5. The Morgan fingerprint density at radius 1 is 1.56 bits per heavy atom. The van der Waals surface area contributed by atoms with Crippen LogP contribution in [-0.2, 0) is 4.79 Å². The molecular weight excluding hydrogens is 210 g/mol. The number of amides is 1. The van der Waals surface area contributed by atoms with Crippen LogP contribution in [-0.4, -0.2) is 27.2 Å². The molecule has 6 heteroatoms. The van der Waals surface area contributed by atoms with Gasteiger partial charge in [-0.1, -0.05) is 0 Å². The SMILES string of the molecule is Cc1cc(N)cnc1C(O)C(O)CC(N)=O. The van der Waals surface area contributed by atoms with Crippen molar-refractivity contribution in [2.24, 2.45) is 5.73 Å². The number of aliphatic hydroxyl groups is 2. The number of primary amides is 1. The van der Waals surface area contributed by atoms with Gasteiger partial charge in [0.25, 0.3) is 0 Å². The highest BCUT2D eigenvalue weighted by atomic mass is 16.3. The van der Waals surface area contributed by atoms with E-state index in [-0.39, 0.29) is 6.42 Å². The highest BCUT2D eigenvalue weighted by Gasteiger charge is 2.22. The van der Waals surface area contributed by atoms with Gasteiger partial charge in [-0.25, -0.2) is 0 Å². The number of nitrogen functional groups attached to an aromatic ring is 1. The number of aryl methyl sites for hydroxylation is 1. The van der Waals surface area contributed by atoms with Gasteiger partial charge in [0.15, 0.2) is 0 Å². The second-order valence-electron chi connectivity index (χ2n) is 3.65. The average molecular weight is 225 g/mol. The van der Waals surface area contributed by atoms with Crippen molar-refractivity contribution in [2.75, 3.05) is 5.73 Å². The van der Waals surface area contributed by atoms with Crippen LogP contribution in [0.4, 0.5) is 5.69 Å². The second-order valence-corrected chi connectivity index (χ2v) is 3.65. The number of carbonyl (C=O) groups is 1. The van der Waals surface area contributed by atoms with Gasteiger partial charge in [0.05, 0.1) is 30.1 Å². The number of carbonyl (C=O) groups excluding carboxylic acids is 1. The number of rotatable bonds is 4. The number of hydrogen-bond acceptors (Lipinski definition) is 5. The summed E-state index contributed by atoms with van der Waals surface area (Å²) >= 11 is 0. The van der Waals surface area contributed by atoms with Crippen LogP contribution in [0.2, 0.25) is 0 Å². The van der Waals surface area contributed by atoms with Crippen LogP contribution in [0.15, 0.2) is 12.3 Å². The Hall–Kier alpha value is -1.66. The lowest BCUT2D eigenvalue weighted by atomic mass is 10.0. The normalized spacial score (nSPS) is 14.4. The number of anilines is 1. The zero-order valence-corrected chi connectivity index (χ0v) is 8.92. The lowest BCUT2D eigenvalue weighted by Crippen LogP contribution is -2.26. The van der Waals surface area contributed by atoms with Crippen molar-refractivity contribution in [3.63, 3.8) is 0 Å². The van der Waals surface area contributed by atoms with Crippen LogP contribution >= 0.6 is 0 Å². The average Bonchev–Trinajstić information content (AvgIpc) is 2.15. The van der Waals surface area contributed by atoms with Gasteiger partial charge in [-0.15, -0.1) is 0 Å². The zero-order chi connectivity index (χ0) is 12.3. The molecule has 0 aliphatic rings. The summed E-state index contributed by atoms with van der Waals surface area (Å²) in [6, 6.07) is 1.63. The second kappa shape index (κ2) is 4.91. The van der Waals surface area contributed by atoms with Gasteiger partial charge in [0, 0.05) is 0 Å². The van der Waals surface area contributed by atoms with Crippen molar-refractivity contribution in [3.8, 4) is 0 Å². The molecule has 0 saturated heterocycles. The van der Waals surface area contributed by atoms with Crippen molar-refractivity contribution >= 4 is 11.6 Å². The Bertz CT molecular complexity index is 395. The minimum absolute atomic E-state index is 0.294. The Kier molecular flexibility index (Phi) is 3.81. The van der Waals surface area contributed by atoms with E-state index >= 15 is 0 Å².